The second kappa shape index (κ2) is 5.50. The maximum absolute atomic E-state index is 6.30. The van der Waals surface area contributed by atoms with E-state index in [1.54, 1.807) is 6.20 Å². The van der Waals surface area contributed by atoms with Gasteiger partial charge in [0.1, 0.15) is 0 Å². The molecule has 2 atom stereocenters. The lowest BCUT2D eigenvalue weighted by molar-refractivity contribution is 0.182. The van der Waals surface area contributed by atoms with Gasteiger partial charge in [0, 0.05) is 19.3 Å². The lowest BCUT2D eigenvalue weighted by Gasteiger charge is -2.16. The Kier molecular flexibility index (Phi) is 3.57. The summed E-state index contributed by atoms with van der Waals surface area (Å²) in [6, 6.07) is 9.90. The molecule has 1 aromatic carbocycles. The predicted octanol–water partition coefficient (Wildman–Crippen LogP) is 1.69. The van der Waals surface area contributed by atoms with Crippen molar-refractivity contribution < 1.29 is 4.74 Å². The number of aromatic nitrogens is 3. The molecule has 100 valence electrons. The lowest BCUT2D eigenvalue weighted by atomic mass is 9.98. The van der Waals surface area contributed by atoms with Gasteiger partial charge in [-0.1, -0.05) is 23.4 Å². The van der Waals surface area contributed by atoms with Crippen LogP contribution in [0.2, 0.25) is 0 Å². The highest BCUT2D eigenvalue weighted by molar-refractivity contribution is 5.32. The number of rotatable bonds is 4. The highest BCUT2D eigenvalue weighted by Crippen LogP contribution is 2.25. The van der Waals surface area contributed by atoms with Crippen molar-refractivity contribution in [2.24, 2.45) is 11.7 Å². The van der Waals surface area contributed by atoms with Crippen LogP contribution in [0.15, 0.2) is 36.5 Å². The van der Waals surface area contributed by atoms with Gasteiger partial charge in [0.2, 0.25) is 0 Å². The fraction of sp³-hybridized carbons (Fsp3) is 0.429. The van der Waals surface area contributed by atoms with Crippen LogP contribution in [0, 0.1) is 5.92 Å². The van der Waals surface area contributed by atoms with Gasteiger partial charge in [0.25, 0.3) is 0 Å². The summed E-state index contributed by atoms with van der Waals surface area (Å²) in [5, 5.41) is 8.13. The zero-order chi connectivity index (χ0) is 13.1. The molecule has 0 saturated carbocycles. The van der Waals surface area contributed by atoms with Crippen molar-refractivity contribution in [2.75, 3.05) is 13.2 Å². The van der Waals surface area contributed by atoms with Crippen LogP contribution in [0.3, 0.4) is 0 Å². The van der Waals surface area contributed by atoms with Crippen LogP contribution < -0.4 is 5.73 Å². The van der Waals surface area contributed by atoms with Gasteiger partial charge in [-0.05, 0) is 30.9 Å². The zero-order valence-electron chi connectivity index (χ0n) is 10.8. The van der Waals surface area contributed by atoms with Gasteiger partial charge in [0.15, 0.2) is 0 Å². The van der Waals surface area contributed by atoms with Gasteiger partial charge in [-0.25, -0.2) is 4.68 Å². The quantitative estimate of drug-likeness (QED) is 0.906. The van der Waals surface area contributed by atoms with E-state index in [4.69, 9.17) is 10.5 Å². The Balaban J connectivity index is 1.79. The van der Waals surface area contributed by atoms with Gasteiger partial charge in [0.05, 0.1) is 17.6 Å². The number of benzene rings is 1. The standard InChI is InChI=1S/C14H18N4O/c15-13(8-11-6-7-19-10-11)14-9-16-17-18(14)12-4-2-1-3-5-12/h1-5,9,11,13H,6-8,10,15H2. The van der Waals surface area contributed by atoms with Crippen LogP contribution in [-0.2, 0) is 4.74 Å². The van der Waals surface area contributed by atoms with Crippen molar-refractivity contribution in [1.82, 2.24) is 15.0 Å². The molecule has 1 fully saturated rings. The summed E-state index contributed by atoms with van der Waals surface area (Å²) in [7, 11) is 0. The van der Waals surface area contributed by atoms with Crippen LogP contribution in [0.25, 0.3) is 5.69 Å². The SMILES string of the molecule is NC(CC1CCOC1)c1cnnn1-c1ccccc1. The Morgan fingerprint density at radius 2 is 2.21 bits per heavy atom. The highest BCUT2D eigenvalue weighted by Gasteiger charge is 2.22. The molecule has 2 N–H and O–H groups in total. The van der Waals surface area contributed by atoms with E-state index in [1.807, 2.05) is 35.0 Å². The Labute approximate surface area is 112 Å². The molecule has 1 aliphatic heterocycles. The molecule has 0 amide bonds. The van der Waals surface area contributed by atoms with Crippen LogP contribution in [-0.4, -0.2) is 28.2 Å². The number of hydrogen-bond donors (Lipinski definition) is 1. The molecule has 1 aliphatic rings. The number of para-hydroxylation sites is 1. The Bertz CT molecular complexity index is 519. The summed E-state index contributed by atoms with van der Waals surface area (Å²) < 4.78 is 7.22. The summed E-state index contributed by atoms with van der Waals surface area (Å²) in [6.07, 6.45) is 3.77. The predicted molar refractivity (Wildman–Crippen MR) is 71.8 cm³/mol. The summed E-state index contributed by atoms with van der Waals surface area (Å²) in [5.74, 6) is 0.550. The van der Waals surface area contributed by atoms with Crippen molar-refractivity contribution in [3.05, 3.63) is 42.2 Å². The first-order valence-electron chi connectivity index (χ1n) is 6.64. The van der Waals surface area contributed by atoms with Crippen LogP contribution in [0.5, 0.6) is 0 Å². The minimum Gasteiger partial charge on any atom is -0.381 e. The molecule has 2 heterocycles. The average molecular weight is 258 g/mol. The molecule has 2 unspecified atom stereocenters. The third-order valence-corrected chi connectivity index (χ3v) is 3.57. The monoisotopic (exact) mass is 258 g/mol. The minimum absolute atomic E-state index is 0.0538. The Morgan fingerprint density at radius 3 is 2.95 bits per heavy atom. The smallest absolute Gasteiger partial charge is 0.0813 e. The van der Waals surface area contributed by atoms with E-state index in [9.17, 15) is 0 Å². The van der Waals surface area contributed by atoms with Crippen molar-refractivity contribution >= 4 is 0 Å². The molecular weight excluding hydrogens is 240 g/mol. The molecule has 0 aliphatic carbocycles. The summed E-state index contributed by atoms with van der Waals surface area (Å²) in [5.41, 5.74) is 8.25. The number of nitrogens with two attached hydrogens (primary N) is 1. The normalized spacial score (nSPS) is 20.6. The summed E-state index contributed by atoms with van der Waals surface area (Å²) in [6.45, 7) is 1.67. The third-order valence-electron chi connectivity index (χ3n) is 3.57. The molecule has 2 aromatic rings. The van der Waals surface area contributed by atoms with Crippen molar-refractivity contribution in [2.45, 2.75) is 18.9 Å². The number of hydrogen-bond acceptors (Lipinski definition) is 4. The molecule has 1 saturated heterocycles. The van der Waals surface area contributed by atoms with Crippen molar-refractivity contribution in [3.63, 3.8) is 0 Å². The van der Waals surface area contributed by atoms with E-state index in [0.29, 0.717) is 5.92 Å². The van der Waals surface area contributed by atoms with Crippen LogP contribution in [0.4, 0.5) is 0 Å². The van der Waals surface area contributed by atoms with Gasteiger partial charge in [-0.15, -0.1) is 5.10 Å². The summed E-state index contributed by atoms with van der Waals surface area (Å²) >= 11 is 0. The topological polar surface area (TPSA) is 66.0 Å². The fourth-order valence-electron chi connectivity index (χ4n) is 2.51. The van der Waals surface area contributed by atoms with Gasteiger partial charge in [-0.3, -0.25) is 0 Å². The first-order chi connectivity index (χ1) is 9.34. The van der Waals surface area contributed by atoms with Gasteiger partial charge < -0.3 is 10.5 Å². The van der Waals surface area contributed by atoms with Gasteiger partial charge in [-0.2, -0.15) is 0 Å². The third kappa shape index (κ3) is 2.67. The van der Waals surface area contributed by atoms with E-state index in [-0.39, 0.29) is 6.04 Å². The van der Waals surface area contributed by atoms with Crippen molar-refractivity contribution in [1.29, 1.82) is 0 Å². The van der Waals surface area contributed by atoms with Crippen LogP contribution in [0.1, 0.15) is 24.6 Å². The first kappa shape index (κ1) is 12.3. The fourth-order valence-corrected chi connectivity index (χ4v) is 2.51. The molecule has 1 aromatic heterocycles. The van der Waals surface area contributed by atoms with Crippen LogP contribution >= 0.6 is 0 Å². The van der Waals surface area contributed by atoms with E-state index in [0.717, 1.165) is 37.4 Å². The highest BCUT2D eigenvalue weighted by atomic mass is 16.5. The van der Waals surface area contributed by atoms with Crippen molar-refractivity contribution in [3.8, 4) is 5.69 Å². The number of ether oxygens (including phenoxy) is 1. The molecule has 0 bridgehead atoms. The number of nitrogens with zero attached hydrogens (tertiary/aromatic N) is 3. The second-order valence-electron chi connectivity index (χ2n) is 4.98. The zero-order valence-corrected chi connectivity index (χ0v) is 10.8. The Morgan fingerprint density at radius 1 is 1.37 bits per heavy atom. The largest absolute Gasteiger partial charge is 0.381 e. The Hall–Kier alpha value is -1.72. The second-order valence-corrected chi connectivity index (χ2v) is 4.98. The van der Waals surface area contributed by atoms with E-state index >= 15 is 0 Å². The summed E-state index contributed by atoms with van der Waals surface area (Å²) in [4.78, 5) is 0. The first-order valence-corrected chi connectivity index (χ1v) is 6.64. The van der Waals surface area contributed by atoms with Gasteiger partial charge >= 0.3 is 0 Å². The molecular formula is C14H18N4O. The maximum Gasteiger partial charge on any atom is 0.0813 e. The maximum atomic E-state index is 6.30. The average Bonchev–Trinajstić information content (AvgIpc) is 3.10. The lowest BCUT2D eigenvalue weighted by Crippen LogP contribution is -2.19. The minimum atomic E-state index is -0.0538. The van der Waals surface area contributed by atoms with E-state index < -0.39 is 0 Å². The molecule has 19 heavy (non-hydrogen) atoms. The molecule has 5 heteroatoms. The molecule has 3 rings (SSSR count). The molecule has 0 spiro atoms. The molecule has 0 radical (unpaired) electrons. The van der Waals surface area contributed by atoms with E-state index in [1.165, 1.54) is 0 Å². The molecule has 5 nitrogen and oxygen atoms in total. The van der Waals surface area contributed by atoms with E-state index in [2.05, 4.69) is 10.3 Å².